The summed E-state index contributed by atoms with van der Waals surface area (Å²) in [5.41, 5.74) is 5.59. The second-order valence-corrected chi connectivity index (χ2v) is 11.6. The minimum atomic E-state index is 0.675. The summed E-state index contributed by atoms with van der Waals surface area (Å²) in [6, 6.07) is 56.9. The van der Waals surface area contributed by atoms with E-state index in [0.29, 0.717) is 5.56 Å². The van der Waals surface area contributed by atoms with Crippen LogP contribution in [0.25, 0.3) is 86.9 Å². The molecular weight excluding hydrogens is 530 g/mol. The quantitative estimate of drug-likeness (QED) is 0.154. The minimum Gasteiger partial charge on any atom is -0.192 e. The molecule has 44 heavy (non-hydrogen) atoms. The molecule has 0 heterocycles. The molecule has 0 bridgehead atoms. The number of benzene rings is 9. The van der Waals surface area contributed by atoms with Gasteiger partial charge in [-0.1, -0.05) is 115 Å². The second kappa shape index (κ2) is 9.53. The van der Waals surface area contributed by atoms with Gasteiger partial charge in [-0.15, -0.1) is 0 Å². The van der Waals surface area contributed by atoms with E-state index < -0.39 is 0 Å². The van der Waals surface area contributed by atoms with Crippen LogP contribution in [0.4, 0.5) is 0 Å². The normalized spacial score (nSPS) is 11.6. The zero-order chi connectivity index (χ0) is 29.2. The van der Waals surface area contributed by atoms with Crippen LogP contribution in [0.5, 0.6) is 0 Å². The zero-order valence-electron chi connectivity index (χ0n) is 23.9. The van der Waals surface area contributed by atoms with Crippen LogP contribution in [0.3, 0.4) is 0 Å². The Hall–Kier alpha value is -5.97. The van der Waals surface area contributed by atoms with Crippen molar-refractivity contribution in [3.05, 3.63) is 157 Å². The first-order valence-corrected chi connectivity index (χ1v) is 15.0. The highest BCUT2D eigenvalue weighted by atomic mass is 14.2. The van der Waals surface area contributed by atoms with Gasteiger partial charge in [-0.05, 0) is 123 Å². The van der Waals surface area contributed by atoms with E-state index in [1.807, 2.05) is 6.07 Å². The molecular formula is C43H25N. The van der Waals surface area contributed by atoms with Crippen LogP contribution in [0.1, 0.15) is 5.56 Å². The van der Waals surface area contributed by atoms with Gasteiger partial charge in [0.05, 0.1) is 11.6 Å². The van der Waals surface area contributed by atoms with Gasteiger partial charge in [-0.3, -0.25) is 0 Å². The van der Waals surface area contributed by atoms with E-state index in [2.05, 4.69) is 152 Å². The van der Waals surface area contributed by atoms with Crippen molar-refractivity contribution in [2.24, 2.45) is 0 Å². The SMILES string of the molecule is N#Cc1ccc2c(c1)c1cc3ccccc3cc1c1cc3c(-c4ccccc4)c4ccccc4c(-c4ccccc4)c3cc21. The topological polar surface area (TPSA) is 23.8 Å². The standard InChI is InChI=1S/C43H25N/c44-26-27-19-20-32-35(21-27)36-22-30-15-7-8-16-31(30)23-37(36)39-25-41-40(24-38(32)39)42(28-11-3-1-4-12-28)33-17-9-10-18-34(33)43(41)29-13-5-2-6-14-29/h1-25H. The van der Waals surface area contributed by atoms with E-state index in [9.17, 15) is 5.26 Å². The molecule has 0 saturated heterocycles. The zero-order valence-corrected chi connectivity index (χ0v) is 23.9. The third-order valence-electron chi connectivity index (χ3n) is 9.19. The average molecular weight is 556 g/mol. The van der Waals surface area contributed by atoms with E-state index in [1.165, 1.54) is 76.1 Å². The highest BCUT2D eigenvalue weighted by Gasteiger charge is 2.19. The van der Waals surface area contributed by atoms with E-state index in [4.69, 9.17) is 0 Å². The summed E-state index contributed by atoms with van der Waals surface area (Å²) < 4.78 is 0. The van der Waals surface area contributed by atoms with Gasteiger partial charge in [0.25, 0.3) is 0 Å². The lowest BCUT2D eigenvalue weighted by atomic mass is 9.83. The van der Waals surface area contributed by atoms with Crippen molar-refractivity contribution < 1.29 is 0 Å². The summed E-state index contributed by atoms with van der Waals surface area (Å²) in [6.07, 6.45) is 0. The average Bonchev–Trinajstić information content (AvgIpc) is 3.09. The molecule has 0 atom stereocenters. The summed E-state index contributed by atoms with van der Waals surface area (Å²) in [7, 11) is 0. The fourth-order valence-corrected chi connectivity index (χ4v) is 7.26. The molecule has 0 aliphatic heterocycles. The molecule has 202 valence electrons. The molecule has 0 saturated carbocycles. The first kappa shape index (κ1) is 24.6. The molecule has 1 heteroatoms. The van der Waals surface area contributed by atoms with Crippen LogP contribution in [-0.4, -0.2) is 0 Å². The molecule has 0 aromatic heterocycles. The van der Waals surface area contributed by atoms with E-state index in [1.54, 1.807) is 0 Å². The van der Waals surface area contributed by atoms with E-state index in [-0.39, 0.29) is 0 Å². The summed E-state index contributed by atoms with van der Waals surface area (Å²) >= 11 is 0. The summed E-state index contributed by atoms with van der Waals surface area (Å²) in [4.78, 5) is 0. The Morgan fingerprint density at radius 3 is 1.27 bits per heavy atom. The second-order valence-electron chi connectivity index (χ2n) is 11.6. The van der Waals surface area contributed by atoms with Crippen LogP contribution in [0, 0.1) is 11.3 Å². The molecule has 9 aromatic rings. The van der Waals surface area contributed by atoms with Crippen molar-refractivity contribution in [3.63, 3.8) is 0 Å². The number of fused-ring (bicyclic) bond motifs is 9. The Bertz CT molecular complexity index is 2640. The summed E-state index contributed by atoms with van der Waals surface area (Å²) in [5.74, 6) is 0. The van der Waals surface area contributed by atoms with Gasteiger partial charge < -0.3 is 0 Å². The highest BCUT2D eigenvalue weighted by molar-refractivity contribution is 6.32. The first-order valence-electron chi connectivity index (χ1n) is 15.0. The molecule has 0 aliphatic carbocycles. The molecule has 9 aromatic carbocycles. The van der Waals surface area contributed by atoms with Crippen LogP contribution in [0.2, 0.25) is 0 Å². The summed E-state index contributed by atoms with van der Waals surface area (Å²) in [5, 5.41) is 24.3. The number of hydrogen-bond donors (Lipinski definition) is 0. The summed E-state index contributed by atoms with van der Waals surface area (Å²) in [6.45, 7) is 0. The van der Waals surface area contributed by atoms with Crippen molar-refractivity contribution >= 4 is 64.6 Å². The molecule has 1 nitrogen and oxygen atoms in total. The van der Waals surface area contributed by atoms with Crippen LogP contribution in [0.15, 0.2) is 152 Å². The first-order chi connectivity index (χ1) is 21.8. The lowest BCUT2D eigenvalue weighted by Gasteiger charge is -2.20. The Kier molecular flexibility index (Phi) is 5.33. The van der Waals surface area contributed by atoms with Gasteiger partial charge in [0.15, 0.2) is 0 Å². The maximum absolute atomic E-state index is 9.85. The van der Waals surface area contributed by atoms with Crippen molar-refractivity contribution in [1.82, 2.24) is 0 Å². The fraction of sp³-hybridized carbons (Fsp3) is 0. The third kappa shape index (κ3) is 3.59. The van der Waals surface area contributed by atoms with Crippen molar-refractivity contribution in [3.8, 4) is 28.3 Å². The van der Waals surface area contributed by atoms with Crippen LogP contribution in [-0.2, 0) is 0 Å². The van der Waals surface area contributed by atoms with Gasteiger partial charge in [-0.2, -0.15) is 5.26 Å². The molecule has 0 spiro atoms. The molecule has 0 unspecified atom stereocenters. The lowest BCUT2D eigenvalue weighted by Crippen LogP contribution is -1.92. The molecule has 0 amide bonds. The highest BCUT2D eigenvalue weighted by Crippen LogP contribution is 2.47. The van der Waals surface area contributed by atoms with E-state index >= 15 is 0 Å². The fourth-order valence-electron chi connectivity index (χ4n) is 7.26. The largest absolute Gasteiger partial charge is 0.192 e. The smallest absolute Gasteiger partial charge is 0.0991 e. The minimum absolute atomic E-state index is 0.675. The third-order valence-corrected chi connectivity index (χ3v) is 9.19. The molecule has 9 rings (SSSR count). The molecule has 0 fully saturated rings. The lowest BCUT2D eigenvalue weighted by molar-refractivity contribution is 1.50. The monoisotopic (exact) mass is 555 g/mol. The number of nitrogens with zero attached hydrogens (tertiary/aromatic N) is 1. The number of rotatable bonds is 2. The van der Waals surface area contributed by atoms with Crippen molar-refractivity contribution in [2.75, 3.05) is 0 Å². The van der Waals surface area contributed by atoms with Gasteiger partial charge in [0.2, 0.25) is 0 Å². The molecule has 0 radical (unpaired) electrons. The van der Waals surface area contributed by atoms with Gasteiger partial charge in [0, 0.05) is 0 Å². The predicted octanol–water partition coefficient (Wildman–Crippen LogP) is 11.8. The van der Waals surface area contributed by atoms with Crippen molar-refractivity contribution in [1.29, 1.82) is 5.26 Å². The maximum Gasteiger partial charge on any atom is 0.0991 e. The van der Waals surface area contributed by atoms with Gasteiger partial charge in [0.1, 0.15) is 0 Å². The van der Waals surface area contributed by atoms with Gasteiger partial charge >= 0.3 is 0 Å². The Labute approximate surface area is 254 Å². The Morgan fingerprint density at radius 2 is 0.750 bits per heavy atom. The number of hydrogen-bond acceptors (Lipinski definition) is 1. The number of nitriles is 1. The predicted molar refractivity (Wildman–Crippen MR) is 187 cm³/mol. The van der Waals surface area contributed by atoms with Crippen LogP contribution < -0.4 is 0 Å². The van der Waals surface area contributed by atoms with Gasteiger partial charge in [-0.25, -0.2) is 0 Å². The van der Waals surface area contributed by atoms with Crippen molar-refractivity contribution in [2.45, 2.75) is 0 Å². The molecule has 0 N–H and O–H groups in total. The van der Waals surface area contributed by atoms with E-state index in [0.717, 1.165) is 10.8 Å². The van der Waals surface area contributed by atoms with Crippen LogP contribution >= 0.6 is 0 Å². The Morgan fingerprint density at radius 1 is 0.318 bits per heavy atom. The molecule has 0 aliphatic rings. The Balaban J connectivity index is 1.58. The maximum atomic E-state index is 9.85.